The Balaban J connectivity index is 2.44. The number of ether oxygens (including phenoxy) is 1. The van der Waals surface area contributed by atoms with Crippen molar-refractivity contribution in [3.8, 4) is 0 Å². The highest BCUT2D eigenvalue weighted by Crippen LogP contribution is 2.12. The summed E-state index contributed by atoms with van der Waals surface area (Å²) in [5, 5.41) is 0. The lowest BCUT2D eigenvalue weighted by Crippen LogP contribution is -2.04. The van der Waals surface area contributed by atoms with E-state index >= 15 is 0 Å². The van der Waals surface area contributed by atoms with E-state index in [1.807, 2.05) is 6.92 Å². The molecule has 0 saturated heterocycles. The minimum Gasteiger partial charge on any atom is -0.382 e. The van der Waals surface area contributed by atoms with Crippen LogP contribution in [0.1, 0.15) is 13.3 Å². The van der Waals surface area contributed by atoms with E-state index in [9.17, 15) is 8.60 Å². The Kier molecular flexibility index (Phi) is 5.50. The van der Waals surface area contributed by atoms with Crippen molar-refractivity contribution >= 4 is 10.8 Å². The largest absolute Gasteiger partial charge is 0.382 e. The Hall–Kier alpha value is -0.740. The van der Waals surface area contributed by atoms with Crippen molar-refractivity contribution in [1.29, 1.82) is 0 Å². The molecule has 0 radical (unpaired) electrons. The van der Waals surface area contributed by atoms with Gasteiger partial charge in [-0.2, -0.15) is 0 Å². The summed E-state index contributed by atoms with van der Waals surface area (Å²) in [6.07, 6.45) is 0.689. The lowest BCUT2D eigenvalue weighted by molar-refractivity contribution is 0.149. The van der Waals surface area contributed by atoms with Gasteiger partial charge in [0.15, 0.2) is 0 Å². The fraction of sp³-hybridized carbons (Fsp3) is 0.455. The van der Waals surface area contributed by atoms with Gasteiger partial charge in [0, 0.05) is 19.0 Å². The maximum absolute atomic E-state index is 13.2. The summed E-state index contributed by atoms with van der Waals surface area (Å²) in [5.74, 6) is 0.0493. The number of benzene rings is 1. The van der Waals surface area contributed by atoms with Gasteiger partial charge in [-0.1, -0.05) is 12.1 Å². The highest BCUT2D eigenvalue weighted by Gasteiger charge is 2.08. The van der Waals surface area contributed by atoms with Crippen LogP contribution in [0.4, 0.5) is 4.39 Å². The molecule has 0 amide bonds. The van der Waals surface area contributed by atoms with Gasteiger partial charge in [0.25, 0.3) is 0 Å². The van der Waals surface area contributed by atoms with Crippen molar-refractivity contribution in [3.05, 3.63) is 30.1 Å². The van der Waals surface area contributed by atoms with Crippen LogP contribution in [0.3, 0.4) is 0 Å². The van der Waals surface area contributed by atoms with Gasteiger partial charge in [-0.05, 0) is 25.5 Å². The fourth-order valence-corrected chi connectivity index (χ4v) is 2.29. The first kappa shape index (κ1) is 12.3. The topological polar surface area (TPSA) is 26.3 Å². The van der Waals surface area contributed by atoms with E-state index in [1.54, 1.807) is 18.2 Å². The van der Waals surface area contributed by atoms with Crippen molar-refractivity contribution in [3.63, 3.8) is 0 Å². The molecule has 1 unspecified atom stereocenters. The zero-order chi connectivity index (χ0) is 11.1. The first-order chi connectivity index (χ1) is 7.25. The van der Waals surface area contributed by atoms with Gasteiger partial charge in [-0.25, -0.2) is 4.39 Å². The van der Waals surface area contributed by atoms with Gasteiger partial charge >= 0.3 is 0 Å². The lowest BCUT2D eigenvalue weighted by Gasteiger charge is -2.03. The average molecular weight is 230 g/mol. The van der Waals surface area contributed by atoms with Crippen molar-refractivity contribution in [2.24, 2.45) is 0 Å². The molecule has 0 aliphatic carbocycles. The Morgan fingerprint density at radius 1 is 1.40 bits per heavy atom. The van der Waals surface area contributed by atoms with Crippen molar-refractivity contribution in [2.45, 2.75) is 18.2 Å². The summed E-state index contributed by atoms with van der Waals surface area (Å²) in [5.41, 5.74) is 0. The summed E-state index contributed by atoms with van der Waals surface area (Å²) < 4.78 is 30.0. The Labute approximate surface area is 91.9 Å². The van der Waals surface area contributed by atoms with Gasteiger partial charge in [-0.15, -0.1) is 0 Å². The molecule has 84 valence electrons. The van der Waals surface area contributed by atoms with Gasteiger partial charge < -0.3 is 4.74 Å². The Morgan fingerprint density at radius 3 is 2.80 bits per heavy atom. The van der Waals surface area contributed by atoms with Crippen molar-refractivity contribution in [1.82, 2.24) is 0 Å². The molecule has 4 heteroatoms. The Bertz CT molecular complexity index is 328. The number of hydrogen-bond acceptors (Lipinski definition) is 2. The molecule has 0 aromatic heterocycles. The van der Waals surface area contributed by atoms with Crippen molar-refractivity contribution < 1.29 is 13.3 Å². The minimum absolute atomic E-state index is 0.286. The quantitative estimate of drug-likeness (QED) is 0.701. The molecule has 1 rings (SSSR count). The van der Waals surface area contributed by atoms with E-state index in [1.165, 1.54) is 6.07 Å². The molecule has 0 bridgehead atoms. The molecule has 1 aromatic rings. The van der Waals surface area contributed by atoms with Crippen LogP contribution >= 0.6 is 0 Å². The van der Waals surface area contributed by atoms with Gasteiger partial charge in [0.1, 0.15) is 5.82 Å². The second kappa shape index (κ2) is 6.69. The van der Waals surface area contributed by atoms with Gasteiger partial charge in [-0.3, -0.25) is 4.21 Å². The number of rotatable bonds is 6. The van der Waals surface area contributed by atoms with Gasteiger partial charge in [0.05, 0.1) is 15.7 Å². The zero-order valence-corrected chi connectivity index (χ0v) is 9.56. The predicted molar refractivity (Wildman–Crippen MR) is 58.8 cm³/mol. The second-order valence-electron chi connectivity index (χ2n) is 3.03. The third-order valence-corrected chi connectivity index (χ3v) is 3.39. The maximum atomic E-state index is 13.2. The molecule has 0 saturated carbocycles. The first-order valence-electron chi connectivity index (χ1n) is 4.96. The molecule has 0 spiro atoms. The average Bonchev–Trinajstić information content (AvgIpc) is 2.25. The van der Waals surface area contributed by atoms with E-state index in [0.29, 0.717) is 25.4 Å². The third kappa shape index (κ3) is 4.10. The standard InChI is InChI=1S/C11H15FO2S/c1-2-14-8-5-9-15(13)11-7-4-3-6-10(11)12/h3-4,6-7H,2,5,8-9H2,1H3. The molecule has 0 aliphatic rings. The smallest absolute Gasteiger partial charge is 0.139 e. The molecule has 1 atom stereocenters. The number of hydrogen-bond donors (Lipinski definition) is 0. The molecule has 1 aromatic carbocycles. The van der Waals surface area contributed by atoms with Crippen LogP contribution in [0.15, 0.2) is 29.2 Å². The normalized spacial score (nSPS) is 12.7. The summed E-state index contributed by atoms with van der Waals surface area (Å²) in [6, 6.07) is 6.18. The van der Waals surface area contributed by atoms with Crippen LogP contribution in [0.2, 0.25) is 0 Å². The fourth-order valence-electron chi connectivity index (χ4n) is 1.18. The van der Waals surface area contributed by atoms with E-state index in [0.717, 1.165) is 0 Å². The van der Waals surface area contributed by atoms with E-state index in [2.05, 4.69) is 0 Å². The molecule has 0 N–H and O–H groups in total. The van der Waals surface area contributed by atoms with Crippen LogP contribution in [-0.4, -0.2) is 23.2 Å². The highest BCUT2D eigenvalue weighted by molar-refractivity contribution is 7.85. The Morgan fingerprint density at radius 2 is 2.13 bits per heavy atom. The predicted octanol–water partition coefficient (Wildman–Crippen LogP) is 2.36. The molecule has 15 heavy (non-hydrogen) atoms. The summed E-state index contributed by atoms with van der Waals surface area (Å²) in [6.45, 7) is 3.15. The molecule has 0 fully saturated rings. The number of halogens is 1. The van der Waals surface area contributed by atoms with Crippen LogP contribution < -0.4 is 0 Å². The van der Waals surface area contributed by atoms with E-state index in [4.69, 9.17) is 4.74 Å². The second-order valence-corrected chi connectivity index (χ2v) is 4.57. The van der Waals surface area contributed by atoms with Crippen LogP contribution in [0.5, 0.6) is 0 Å². The van der Waals surface area contributed by atoms with Crippen molar-refractivity contribution in [2.75, 3.05) is 19.0 Å². The lowest BCUT2D eigenvalue weighted by atomic mass is 10.3. The highest BCUT2D eigenvalue weighted by atomic mass is 32.2. The third-order valence-electron chi connectivity index (χ3n) is 1.90. The summed E-state index contributed by atoms with van der Waals surface area (Å²) in [4.78, 5) is 0.286. The van der Waals surface area contributed by atoms with E-state index < -0.39 is 16.6 Å². The van der Waals surface area contributed by atoms with Gasteiger partial charge in [0.2, 0.25) is 0 Å². The maximum Gasteiger partial charge on any atom is 0.139 e. The SMILES string of the molecule is CCOCCCS(=O)c1ccccc1F. The van der Waals surface area contributed by atoms with E-state index in [-0.39, 0.29) is 4.90 Å². The van der Waals surface area contributed by atoms with Crippen LogP contribution in [0, 0.1) is 5.82 Å². The summed E-state index contributed by atoms with van der Waals surface area (Å²) in [7, 11) is -1.25. The van der Waals surface area contributed by atoms with Crippen LogP contribution in [0.25, 0.3) is 0 Å². The minimum atomic E-state index is -1.25. The monoisotopic (exact) mass is 230 g/mol. The molecule has 0 aliphatic heterocycles. The summed E-state index contributed by atoms with van der Waals surface area (Å²) >= 11 is 0. The first-order valence-corrected chi connectivity index (χ1v) is 6.28. The molecule has 0 heterocycles. The van der Waals surface area contributed by atoms with Crippen LogP contribution in [-0.2, 0) is 15.5 Å². The zero-order valence-electron chi connectivity index (χ0n) is 8.74. The molecule has 2 nitrogen and oxygen atoms in total. The molecular formula is C11H15FO2S. The molecular weight excluding hydrogens is 215 g/mol.